The third kappa shape index (κ3) is 1.18. The number of benzene rings is 1. The van der Waals surface area contributed by atoms with Gasteiger partial charge in [-0.05, 0) is 28.1 Å². The summed E-state index contributed by atoms with van der Waals surface area (Å²) in [6.45, 7) is 0. The van der Waals surface area contributed by atoms with Gasteiger partial charge in [-0.15, -0.1) is 0 Å². The summed E-state index contributed by atoms with van der Waals surface area (Å²) in [5, 5.41) is 10.6. The first-order chi connectivity index (χ1) is 6.65. The van der Waals surface area contributed by atoms with E-state index in [0.717, 1.165) is 10.9 Å². The highest BCUT2D eigenvalue weighted by Gasteiger charge is 2.13. The Morgan fingerprint density at radius 2 is 2.21 bits per heavy atom. The molecule has 1 aromatic carbocycles. The number of hydrogen-bond acceptors (Lipinski definition) is 2. The molecule has 2 aromatic rings. The second-order valence-corrected chi connectivity index (χ2v) is 3.95. The largest absolute Gasteiger partial charge is 0.503 e. The van der Waals surface area contributed by atoms with Crippen molar-refractivity contribution in [1.29, 1.82) is 0 Å². The Bertz CT molecular complexity index is 490. The first kappa shape index (κ1) is 9.40. The molecule has 4 heteroatoms. The number of halogens is 1. The van der Waals surface area contributed by atoms with Crippen LogP contribution in [0, 0.1) is 0 Å². The number of methoxy groups -OCH3 is 1. The van der Waals surface area contributed by atoms with Crippen LogP contribution in [-0.2, 0) is 7.05 Å². The van der Waals surface area contributed by atoms with Crippen LogP contribution in [0.3, 0.4) is 0 Å². The van der Waals surface area contributed by atoms with Crippen LogP contribution in [0.4, 0.5) is 0 Å². The van der Waals surface area contributed by atoms with Crippen LogP contribution in [0.15, 0.2) is 22.8 Å². The van der Waals surface area contributed by atoms with Crippen LogP contribution in [0.2, 0.25) is 0 Å². The lowest BCUT2D eigenvalue weighted by Gasteiger charge is -2.07. The number of phenols is 1. The molecule has 0 radical (unpaired) electrons. The maximum Gasteiger partial charge on any atom is 0.172 e. The van der Waals surface area contributed by atoms with Gasteiger partial charge in [0.15, 0.2) is 11.5 Å². The second-order valence-electron chi connectivity index (χ2n) is 3.10. The van der Waals surface area contributed by atoms with E-state index in [9.17, 15) is 5.11 Å². The van der Waals surface area contributed by atoms with E-state index in [-0.39, 0.29) is 5.75 Å². The number of hydrogen-bond donors (Lipinski definition) is 1. The topological polar surface area (TPSA) is 34.4 Å². The first-order valence-corrected chi connectivity index (χ1v) is 4.95. The number of aryl methyl sites for hydroxylation is 1. The SMILES string of the molecule is COc1c(O)c(Br)cc2c1ccn2C. The van der Waals surface area contributed by atoms with Crippen molar-refractivity contribution in [2.24, 2.45) is 7.05 Å². The summed E-state index contributed by atoms with van der Waals surface area (Å²) in [4.78, 5) is 0. The van der Waals surface area contributed by atoms with Gasteiger partial charge < -0.3 is 14.4 Å². The van der Waals surface area contributed by atoms with E-state index in [0.29, 0.717) is 10.2 Å². The summed E-state index contributed by atoms with van der Waals surface area (Å²) in [7, 11) is 3.50. The molecule has 2 rings (SSSR count). The molecule has 0 bridgehead atoms. The molecule has 1 heterocycles. The zero-order valence-corrected chi connectivity index (χ0v) is 9.50. The summed E-state index contributed by atoms with van der Waals surface area (Å²) >= 11 is 3.28. The van der Waals surface area contributed by atoms with Gasteiger partial charge in [-0.25, -0.2) is 0 Å². The molecular formula is C10H10BrNO2. The second kappa shape index (κ2) is 3.20. The van der Waals surface area contributed by atoms with Crippen molar-refractivity contribution < 1.29 is 9.84 Å². The van der Waals surface area contributed by atoms with Gasteiger partial charge in [-0.2, -0.15) is 0 Å². The summed E-state index contributed by atoms with van der Waals surface area (Å²) in [5.41, 5.74) is 1.02. The maximum absolute atomic E-state index is 9.72. The molecule has 0 saturated carbocycles. The molecule has 3 nitrogen and oxygen atoms in total. The molecule has 0 spiro atoms. The van der Waals surface area contributed by atoms with Crippen LogP contribution in [0.1, 0.15) is 0 Å². The summed E-state index contributed by atoms with van der Waals surface area (Å²) in [6.07, 6.45) is 1.93. The van der Waals surface area contributed by atoms with Crippen LogP contribution < -0.4 is 4.74 Å². The molecule has 0 aliphatic carbocycles. The Kier molecular flexibility index (Phi) is 2.15. The fraction of sp³-hybridized carbons (Fsp3) is 0.200. The number of ether oxygens (including phenoxy) is 1. The van der Waals surface area contributed by atoms with Crippen LogP contribution >= 0.6 is 15.9 Å². The highest BCUT2D eigenvalue weighted by Crippen LogP contribution is 2.40. The van der Waals surface area contributed by atoms with Crippen molar-refractivity contribution in [2.45, 2.75) is 0 Å². The Morgan fingerprint density at radius 3 is 2.86 bits per heavy atom. The molecule has 0 aliphatic heterocycles. The maximum atomic E-state index is 9.72. The average Bonchev–Trinajstić information content (AvgIpc) is 2.51. The molecule has 0 aliphatic rings. The number of phenolic OH excluding ortho intramolecular Hbond substituents is 1. The third-order valence-corrected chi connectivity index (χ3v) is 2.88. The third-order valence-electron chi connectivity index (χ3n) is 2.27. The molecule has 0 fully saturated rings. The van der Waals surface area contributed by atoms with E-state index in [4.69, 9.17) is 4.74 Å². The van der Waals surface area contributed by atoms with Crippen molar-refractivity contribution in [3.05, 3.63) is 22.8 Å². The standard InChI is InChI=1S/C10H10BrNO2/c1-12-4-3-6-8(12)5-7(11)9(13)10(6)14-2/h3-5,13H,1-2H3. The normalized spacial score (nSPS) is 10.8. The zero-order valence-electron chi connectivity index (χ0n) is 7.91. The molecule has 14 heavy (non-hydrogen) atoms. The number of aromatic nitrogens is 1. The molecule has 0 amide bonds. The van der Waals surface area contributed by atoms with Crippen molar-refractivity contribution >= 4 is 26.8 Å². The minimum Gasteiger partial charge on any atom is -0.503 e. The Balaban J connectivity index is 2.90. The lowest BCUT2D eigenvalue weighted by atomic mass is 10.2. The predicted octanol–water partition coefficient (Wildman–Crippen LogP) is 2.66. The minimum atomic E-state index is 0.145. The van der Waals surface area contributed by atoms with Gasteiger partial charge in [0.05, 0.1) is 17.1 Å². The smallest absolute Gasteiger partial charge is 0.172 e. The van der Waals surface area contributed by atoms with Crippen LogP contribution in [0.25, 0.3) is 10.9 Å². The van der Waals surface area contributed by atoms with Gasteiger partial charge >= 0.3 is 0 Å². The van der Waals surface area contributed by atoms with E-state index < -0.39 is 0 Å². The van der Waals surface area contributed by atoms with E-state index in [1.165, 1.54) is 0 Å². The molecule has 1 aromatic heterocycles. The van der Waals surface area contributed by atoms with Gasteiger partial charge in [0.1, 0.15) is 0 Å². The lowest BCUT2D eigenvalue weighted by molar-refractivity contribution is 0.376. The van der Waals surface area contributed by atoms with Crippen molar-refractivity contribution in [3.8, 4) is 11.5 Å². The van der Waals surface area contributed by atoms with Gasteiger partial charge in [0.2, 0.25) is 0 Å². The summed E-state index contributed by atoms with van der Waals surface area (Å²) in [6, 6.07) is 3.79. The predicted molar refractivity (Wildman–Crippen MR) is 58.8 cm³/mol. The number of aromatic hydroxyl groups is 1. The Morgan fingerprint density at radius 1 is 1.50 bits per heavy atom. The van der Waals surface area contributed by atoms with Gasteiger partial charge in [-0.3, -0.25) is 0 Å². The fourth-order valence-corrected chi connectivity index (χ4v) is 1.94. The average molecular weight is 256 g/mol. The highest BCUT2D eigenvalue weighted by atomic mass is 79.9. The highest BCUT2D eigenvalue weighted by molar-refractivity contribution is 9.10. The van der Waals surface area contributed by atoms with E-state index in [1.807, 2.05) is 29.9 Å². The Hall–Kier alpha value is -1.16. The van der Waals surface area contributed by atoms with Crippen molar-refractivity contribution in [2.75, 3.05) is 7.11 Å². The quantitative estimate of drug-likeness (QED) is 0.851. The van der Waals surface area contributed by atoms with Crippen molar-refractivity contribution in [1.82, 2.24) is 4.57 Å². The van der Waals surface area contributed by atoms with E-state index in [2.05, 4.69) is 15.9 Å². The van der Waals surface area contributed by atoms with Gasteiger partial charge in [0, 0.05) is 18.6 Å². The lowest BCUT2D eigenvalue weighted by Crippen LogP contribution is -1.88. The molecule has 1 N–H and O–H groups in total. The van der Waals surface area contributed by atoms with Gasteiger partial charge in [0.25, 0.3) is 0 Å². The Labute approximate surface area is 90.0 Å². The number of nitrogens with zero attached hydrogens (tertiary/aromatic N) is 1. The number of fused-ring (bicyclic) bond motifs is 1. The first-order valence-electron chi connectivity index (χ1n) is 4.15. The number of rotatable bonds is 1. The van der Waals surface area contributed by atoms with E-state index >= 15 is 0 Å². The molecule has 0 saturated heterocycles. The summed E-state index contributed by atoms with van der Waals surface area (Å²) in [5.74, 6) is 0.654. The fourth-order valence-electron chi connectivity index (χ4n) is 1.54. The molecular weight excluding hydrogens is 246 g/mol. The molecule has 74 valence electrons. The monoisotopic (exact) mass is 255 g/mol. The minimum absolute atomic E-state index is 0.145. The van der Waals surface area contributed by atoms with Crippen LogP contribution in [-0.4, -0.2) is 16.8 Å². The molecule has 0 unspecified atom stereocenters. The van der Waals surface area contributed by atoms with E-state index in [1.54, 1.807) is 7.11 Å². The van der Waals surface area contributed by atoms with Crippen molar-refractivity contribution in [3.63, 3.8) is 0 Å². The van der Waals surface area contributed by atoms with Gasteiger partial charge in [-0.1, -0.05) is 0 Å². The zero-order chi connectivity index (χ0) is 10.3. The molecule has 0 atom stereocenters. The summed E-state index contributed by atoms with van der Waals surface area (Å²) < 4.78 is 7.78. The van der Waals surface area contributed by atoms with Crippen LogP contribution in [0.5, 0.6) is 11.5 Å².